The third kappa shape index (κ3) is 5.08. The highest BCUT2D eigenvalue weighted by Crippen LogP contribution is 2.34. The predicted octanol–water partition coefficient (Wildman–Crippen LogP) is 4.72. The first-order valence-electron chi connectivity index (χ1n) is 13.8. The SMILES string of the molecule is CCc1nc2ccc(N3CCN(C(=O)C4CCCN4C(=O)O)CC3)cn2c1N(C)c1nc(-c2ccc(F)cc2)cs1. The van der Waals surface area contributed by atoms with E-state index in [0.29, 0.717) is 39.1 Å². The second-order valence-corrected chi connectivity index (χ2v) is 11.2. The quantitative estimate of drug-likeness (QED) is 0.354. The Bertz CT molecular complexity index is 1580. The minimum atomic E-state index is -1.02. The Kier molecular flexibility index (Phi) is 7.24. The molecule has 1 unspecified atom stereocenters. The lowest BCUT2D eigenvalue weighted by Crippen LogP contribution is -2.54. The van der Waals surface area contributed by atoms with Gasteiger partial charge in [0.1, 0.15) is 23.3 Å². The van der Waals surface area contributed by atoms with Crippen molar-refractivity contribution in [2.24, 2.45) is 0 Å². The number of hydrogen-bond donors (Lipinski definition) is 1. The summed E-state index contributed by atoms with van der Waals surface area (Å²) in [6.45, 7) is 4.90. The Morgan fingerprint density at radius 1 is 1.07 bits per heavy atom. The summed E-state index contributed by atoms with van der Waals surface area (Å²) in [7, 11) is 1.98. The second-order valence-electron chi connectivity index (χ2n) is 10.4. The van der Waals surface area contributed by atoms with Crippen molar-refractivity contribution in [2.45, 2.75) is 32.2 Å². The fraction of sp³-hybridized carbons (Fsp3) is 0.379. The maximum absolute atomic E-state index is 13.4. The second kappa shape index (κ2) is 11.0. The van der Waals surface area contributed by atoms with E-state index < -0.39 is 12.1 Å². The van der Waals surface area contributed by atoms with Crippen LogP contribution >= 0.6 is 11.3 Å². The van der Waals surface area contributed by atoms with Crippen molar-refractivity contribution in [3.8, 4) is 11.3 Å². The summed E-state index contributed by atoms with van der Waals surface area (Å²) in [6.07, 6.45) is 3.12. The molecule has 2 aliphatic rings. The van der Waals surface area contributed by atoms with Crippen LogP contribution in [-0.4, -0.2) is 87.1 Å². The average molecular weight is 578 g/mol. The Morgan fingerprint density at radius 2 is 1.83 bits per heavy atom. The molecule has 41 heavy (non-hydrogen) atoms. The van der Waals surface area contributed by atoms with Crippen molar-refractivity contribution in [2.75, 3.05) is 49.6 Å². The number of carbonyl (C=O) groups is 2. The Balaban J connectivity index is 1.21. The van der Waals surface area contributed by atoms with Gasteiger partial charge in [-0.15, -0.1) is 11.3 Å². The van der Waals surface area contributed by atoms with E-state index in [1.165, 1.54) is 28.4 Å². The number of imidazole rings is 1. The summed E-state index contributed by atoms with van der Waals surface area (Å²) in [6, 6.07) is 9.84. The zero-order valence-corrected chi connectivity index (χ0v) is 23.8. The molecular weight excluding hydrogens is 545 g/mol. The van der Waals surface area contributed by atoms with Gasteiger partial charge in [-0.3, -0.25) is 14.1 Å². The van der Waals surface area contributed by atoms with Crippen molar-refractivity contribution in [1.29, 1.82) is 0 Å². The third-order valence-corrected chi connectivity index (χ3v) is 8.88. The van der Waals surface area contributed by atoms with Crippen LogP contribution in [0, 0.1) is 5.82 Å². The van der Waals surface area contributed by atoms with E-state index in [1.807, 2.05) is 23.4 Å². The van der Waals surface area contributed by atoms with Gasteiger partial charge >= 0.3 is 6.09 Å². The van der Waals surface area contributed by atoms with Gasteiger partial charge in [-0.2, -0.15) is 0 Å². The van der Waals surface area contributed by atoms with Crippen molar-refractivity contribution in [3.63, 3.8) is 0 Å². The molecule has 2 amide bonds. The van der Waals surface area contributed by atoms with E-state index >= 15 is 0 Å². The van der Waals surface area contributed by atoms with Crippen LogP contribution in [0.25, 0.3) is 16.9 Å². The maximum Gasteiger partial charge on any atom is 0.407 e. The van der Waals surface area contributed by atoms with Crippen molar-refractivity contribution >= 4 is 45.6 Å². The Labute approximate surface area is 241 Å². The predicted molar refractivity (Wildman–Crippen MR) is 157 cm³/mol. The molecule has 2 fully saturated rings. The summed E-state index contributed by atoms with van der Waals surface area (Å²) >= 11 is 1.52. The minimum Gasteiger partial charge on any atom is -0.465 e. The number of aryl methyl sites for hydroxylation is 1. The number of hydrogen-bond acceptors (Lipinski definition) is 7. The number of aromatic nitrogens is 3. The normalized spacial score (nSPS) is 17.4. The molecule has 0 aliphatic carbocycles. The van der Waals surface area contributed by atoms with Gasteiger partial charge in [-0.05, 0) is 55.7 Å². The number of nitrogens with zero attached hydrogens (tertiary/aromatic N) is 7. The monoisotopic (exact) mass is 577 g/mol. The number of halogens is 1. The molecule has 214 valence electrons. The van der Waals surface area contributed by atoms with Crippen molar-refractivity contribution < 1.29 is 19.1 Å². The lowest BCUT2D eigenvalue weighted by molar-refractivity contribution is -0.135. The van der Waals surface area contributed by atoms with Crippen LogP contribution in [0.3, 0.4) is 0 Å². The molecule has 0 radical (unpaired) electrons. The first-order valence-corrected chi connectivity index (χ1v) is 14.7. The van der Waals surface area contributed by atoms with E-state index in [0.717, 1.165) is 52.1 Å². The molecule has 2 aliphatic heterocycles. The number of rotatable bonds is 6. The van der Waals surface area contributed by atoms with Gasteiger partial charge in [0, 0.05) is 56.9 Å². The molecule has 1 atom stereocenters. The van der Waals surface area contributed by atoms with Gasteiger partial charge in [-0.1, -0.05) is 6.92 Å². The van der Waals surface area contributed by atoms with Crippen LogP contribution in [0.4, 0.5) is 25.8 Å². The molecule has 12 heteroatoms. The number of piperazine rings is 1. The number of carbonyl (C=O) groups excluding carboxylic acids is 1. The number of anilines is 3. The summed E-state index contributed by atoms with van der Waals surface area (Å²) < 4.78 is 15.5. The summed E-state index contributed by atoms with van der Waals surface area (Å²) in [5, 5.41) is 12.2. The highest BCUT2D eigenvalue weighted by atomic mass is 32.1. The number of carboxylic acid groups (broad SMARTS) is 1. The highest BCUT2D eigenvalue weighted by molar-refractivity contribution is 7.14. The van der Waals surface area contributed by atoms with E-state index in [4.69, 9.17) is 9.97 Å². The number of fused-ring (bicyclic) bond motifs is 1. The topological polar surface area (TPSA) is 97.5 Å². The molecule has 2 saturated heterocycles. The van der Waals surface area contributed by atoms with E-state index in [-0.39, 0.29) is 11.7 Å². The van der Waals surface area contributed by atoms with Crippen molar-refractivity contribution in [3.05, 3.63) is 59.5 Å². The highest BCUT2D eigenvalue weighted by Gasteiger charge is 2.37. The summed E-state index contributed by atoms with van der Waals surface area (Å²) in [5.41, 5.74) is 4.48. The van der Waals surface area contributed by atoms with E-state index in [1.54, 1.807) is 17.0 Å². The number of pyridine rings is 1. The van der Waals surface area contributed by atoms with Gasteiger partial charge in [0.05, 0.1) is 17.1 Å². The van der Waals surface area contributed by atoms with Crippen molar-refractivity contribution in [1.82, 2.24) is 24.2 Å². The number of thiazole rings is 1. The molecule has 6 rings (SSSR count). The standard InChI is InChI=1S/C29H32FN7O3S/c1-3-22-26(33(2)28-32-23(18-41-28)19-6-8-20(30)9-7-19)37-17-21(10-11-25(37)31-22)34-13-15-35(16-14-34)27(38)24-5-4-12-36(24)29(39)40/h6-11,17-18,24H,3-5,12-16H2,1-2H3,(H,39,40). The minimum absolute atomic E-state index is 0.0884. The first-order chi connectivity index (χ1) is 19.8. The molecule has 3 aromatic heterocycles. The fourth-order valence-corrected chi connectivity index (χ4v) is 6.56. The average Bonchev–Trinajstić information content (AvgIpc) is 3.75. The number of amides is 2. The van der Waals surface area contributed by atoms with Crippen LogP contribution in [-0.2, 0) is 11.2 Å². The lowest BCUT2D eigenvalue weighted by atomic mass is 10.1. The van der Waals surface area contributed by atoms with Crippen LogP contribution in [0.15, 0.2) is 48.0 Å². The Morgan fingerprint density at radius 3 is 2.54 bits per heavy atom. The summed E-state index contributed by atoms with van der Waals surface area (Å²) in [5.74, 6) is 0.574. The molecule has 0 saturated carbocycles. The van der Waals surface area contributed by atoms with Crippen LogP contribution in [0.1, 0.15) is 25.5 Å². The molecule has 0 spiro atoms. The molecule has 10 nitrogen and oxygen atoms in total. The lowest BCUT2D eigenvalue weighted by Gasteiger charge is -2.38. The van der Waals surface area contributed by atoms with Gasteiger partial charge < -0.3 is 19.8 Å². The molecule has 5 heterocycles. The molecule has 1 N–H and O–H groups in total. The van der Waals surface area contributed by atoms with E-state index in [2.05, 4.69) is 28.5 Å². The smallest absolute Gasteiger partial charge is 0.407 e. The molecule has 4 aromatic rings. The number of likely N-dealkylation sites (tertiary alicyclic amines) is 1. The third-order valence-electron chi connectivity index (χ3n) is 7.96. The van der Waals surface area contributed by atoms with Crippen LogP contribution in [0.5, 0.6) is 0 Å². The largest absolute Gasteiger partial charge is 0.465 e. The van der Waals surface area contributed by atoms with Gasteiger partial charge in [-0.25, -0.2) is 19.2 Å². The van der Waals surface area contributed by atoms with Gasteiger partial charge in [0.2, 0.25) is 5.91 Å². The van der Waals surface area contributed by atoms with Crippen LogP contribution < -0.4 is 9.80 Å². The molecular formula is C29H32FN7O3S. The first kappa shape index (κ1) is 27.0. The molecule has 0 bridgehead atoms. The Hall–Kier alpha value is -4.19. The zero-order chi connectivity index (χ0) is 28.7. The zero-order valence-electron chi connectivity index (χ0n) is 23.0. The molecule has 1 aromatic carbocycles. The van der Waals surface area contributed by atoms with Gasteiger partial charge in [0.15, 0.2) is 5.13 Å². The van der Waals surface area contributed by atoms with Gasteiger partial charge in [0.25, 0.3) is 0 Å². The maximum atomic E-state index is 13.4. The number of benzene rings is 1. The fourth-order valence-electron chi connectivity index (χ4n) is 5.76. The van der Waals surface area contributed by atoms with Crippen LogP contribution in [0.2, 0.25) is 0 Å². The van der Waals surface area contributed by atoms with E-state index in [9.17, 15) is 19.1 Å². The summed E-state index contributed by atoms with van der Waals surface area (Å²) in [4.78, 5) is 41.7.